The number of rotatable bonds is 7. The van der Waals surface area contributed by atoms with Crippen molar-refractivity contribution in [3.63, 3.8) is 0 Å². The van der Waals surface area contributed by atoms with Crippen LogP contribution in [0, 0.1) is 5.92 Å². The number of nitrogens with zero attached hydrogens (tertiary/aromatic N) is 2. The predicted octanol–water partition coefficient (Wildman–Crippen LogP) is 2.27. The average molecular weight is 231 g/mol. The van der Waals surface area contributed by atoms with Gasteiger partial charge < -0.3 is 5.32 Å². The lowest BCUT2D eigenvalue weighted by Gasteiger charge is -2.10. The van der Waals surface area contributed by atoms with Gasteiger partial charge in [0.15, 0.2) is 4.34 Å². The Kier molecular flexibility index (Phi) is 6.14. The van der Waals surface area contributed by atoms with Gasteiger partial charge in [0.2, 0.25) is 0 Å². The molecule has 1 rings (SSSR count). The van der Waals surface area contributed by atoms with Crippen molar-refractivity contribution < 1.29 is 0 Å². The molecule has 0 radical (unpaired) electrons. The minimum Gasteiger partial charge on any atom is -0.316 e. The van der Waals surface area contributed by atoms with Crippen LogP contribution in [0.3, 0.4) is 0 Å². The average Bonchev–Trinajstić information content (AvgIpc) is 2.68. The Labute approximate surface area is 93.7 Å². The number of thioether (sulfide) groups is 1. The zero-order valence-electron chi connectivity index (χ0n) is 8.69. The standard InChI is InChI=1S/C9H17N3S2/c1-3-4-10-5-8(2)6-13-9-12-11-7-14-9/h7-8,10H,3-6H2,1-2H3. The van der Waals surface area contributed by atoms with Crippen LogP contribution >= 0.6 is 23.1 Å². The lowest BCUT2D eigenvalue weighted by atomic mass is 10.2. The van der Waals surface area contributed by atoms with Gasteiger partial charge in [0.05, 0.1) is 0 Å². The summed E-state index contributed by atoms with van der Waals surface area (Å²) >= 11 is 3.41. The molecule has 1 N–H and O–H groups in total. The molecule has 0 aliphatic heterocycles. The van der Waals surface area contributed by atoms with Gasteiger partial charge in [-0.15, -0.1) is 10.2 Å². The molecular formula is C9H17N3S2. The third-order valence-electron chi connectivity index (χ3n) is 1.75. The maximum absolute atomic E-state index is 4.00. The predicted molar refractivity (Wildman–Crippen MR) is 63.0 cm³/mol. The van der Waals surface area contributed by atoms with Gasteiger partial charge in [0.1, 0.15) is 5.51 Å². The maximum atomic E-state index is 4.00. The lowest BCUT2D eigenvalue weighted by molar-refractivity contribution is 0.557. The molecule has 3 nitrogen and oxygen atoms in total. The van der Waals surface area contributed by atoms with Crippen molar-refractivity contribution in [1.82, 2.24) is 15.5 Å². The van der Waals surface area contributed by atoms with E-state index in [0.717, 1.165) is 23.2 Å². The second-order valence-electron chi connectivity index (χ2n) is 3.32. The van der Waals surface area contributed by atoms with Crippen LogP contribution in [0.5, 0.6) is 0 Å². The zero-order chi connectivity index (χ0) is 10.2. The van der Waals surface area contributed by atoms with E-state index in [1.165, 1.54) is 6.42 Å². The molecule has 80 valence electrons. The van der Waals surface area contributed by atoms with Crippen molar-refractivity contribution >= 4 is 23.1 Å². The fourth-order valence-electron chi connectivity index (χ4n) is 1.02. The van der Waals surface area contributed by atoms with Crippen LogP contribution in [-0.4, -0.2) is 29.0 Å². The molecule has 0 aromatic carbocycles. The Balaban J connectivity index is 2.06. The maximum Gasteiger partial charge on any atom is 0.174 e. The van der Waals surface area contributed by atoms with Crippen LogP contribution < -0.4 is 5.32 Å². The van der Waals surface area contributed by atoms with Gasteiger partial charge in [-0.05, 0) is 25.4 Å². The van der Waals surface area contributed by atoms with Crippen LogP contribution in [-0.2, 0) is 0 Å². The Morgan fingerprint density at radius 1 is 1.64 bits per heavy atom. The van der Waals surface area contributed by atoms with Gasteiger partial charge in [-0.1, -0.05) is 36.9 Å². The first-order chi connectivity index (χ1) is 6.83. The summed E-state index contributed by atoms with van der Waals surface area (Å²) < 4.78 is 1.08. The molecule has 14 heavy (non-hydrogen) atoms. The number of hydrogen-bond donors (Lipinski definition) is 1. The summed E-state index contributed by atoms with van der Waals surface area (Å²) in [6.45, 7) is 6.66. The van der Waals surface area contributed by atoms with Gasteiger partial charge in [0.25, 0.3) is 0 Å². The molecule has 0 saturated carbocycles. The molecule has 0 aliphatic rings. The van der Waals surface area contributed by atoms with E-state index in [1.807, 2.05) is 0 Å². The summed E-state index contributed by atoms with van der Waals surface area (Å²) in [5.41, 5.74) is 1.78. The van der Waals surface area contributed by atoms with E-state index in [1.54, 1.807) is 28.6 Å². The largest absolute Gasteiger partial charge is 0.316 e. The van der Waals surface area contributed by atoms with Gasteiger partial charge in [-0.3, -0.25) is 0 Å². The Hall–Kier alpha value is -0.130. The molecule has 0 spiro atoms. The van der Waals surface area contributed by atoms with E-state index >= 15 is 0 Å². The third-order valence-corrected chi connectivity index (χ3v) is 3.94. The van der Waals surface area contributed by atoms with Crippen LogP contribution in [0.4, 0.5) is 0 Å². The minimum atomic E-state index is 0.690. The molecule has 1 unspecified atom stereocenters. The zero-order valence-corrected chi connectivity index (χ0v) is 10.3. The minimum absolute atomic E-state index is 0.690. The highest BCUT2D eigenvalue weighted by atomic mass is 32.2. The molecule has 0 amide bonds. The fraction of sp³-hybridized carbons (Fsp3) is 0.778. The van der Waals surface area contributed by atoms with Crippen molar-refractivity contribution in [2.45, 2.75) is 24.6 Å². The molecule has 1 atom stereocenters. The van der Waals surface area contributed by atoms with Gasteiger partial charge in [-0.2, -0.15) is 0 Å². The molecule has 1 aromatic heterocycles. The van der Waals surface area contributed by atoms with E-state index in [4.69, 9.17) is 0 Å². The van der Waals surface area contributed by atoms with E-state index in [-0.39, 0.29) is 0 Å². The number of hydrogen-bond acceptors (Lipinski definition) is 5. The van der Waals surface area contributed by atoms with E-state index in [2.05, 4.69) is 29.4 Å². The van der Waals surface area contributed by atoms with Crippen LogP contribution in [0.2, 0.25) is 0 Å². The molecule has 0 aliphatic carbocycles. The highest BCUT2D eigenvalue weighted by molar-refractivity contribution is 8.01. The van der Waals surface area contributed by atoms with E-state index in [9.17, 15) is 0 Å². The quantitative estimate of drug-likeness (QED) is 0.577. The molecule has 1 aromatic rings. The first-order valence-corrected chi connectivity index (χ1v) is 6.79. The van der Waals surface area contributed by atoms with Gasteiger partial charge in [-0.25, -0.2) is 0 Å². The Morgan fingerprint density at radius 3 is 3.14 bits per heavy atom. The molecule has 0 saturated heterocycles. The second-order valence-corrected chi connectivity index (χ2v) is 5.43. The topological polar surface area (TPSA) is 37.8 Å². The fourth-order valence-corrected chi connectivity index (χ4v) is 2.56. The van der Waals surface area contributed by atoms with Crippen molar-refractivity contribution in [1.29, 1.82) is 0 Å². The highest BCUT2D eigenvalue weighted by Crippen LogP contribution is 2.21. The van der Waals surface area contributed by atoms with Crippen LogP contribution in [0.1, 0.15) is 20.3 Å². The van der Waals surface area contributed by atoms with E-state index in [0.29, 0.717) is 5.92 Å². The van der Waals surface area contributed by atoms with Gasteiger partial charge >= 0.3 is 0 Å². The van der Waals surface area contributed by atoms with Crippen LogP contribution in [0.25, 0.3) is 0 Å². The van der Waals surface area contributed by atoms with Gasteiger partial charge in [0, 0.05) is 5.75 Å². The summed E-state index contributed by atoms with van der Waals surface area (Å²) in [7, 11) is 0. The molecule has 5 heteroatoms. The molecule has 0 bridgehead atoms. The van der Waals surface area contributed by atoms with Crippen molar-refractivity contribution in [3.05, 3.63) is 5.51 Å². The first kappa shape index (κ1) is 11.9. The van der Waals surface area contributed by atoms with Crippen molar-refractivity contribution in [2.24, 2.45) is 5.92 Å². The molecule has 0 fully saturated rings. The first-order valence-electron chi connectivity index (χ1n) is 4.92. The van der Waals surface area contributed by atoms with Crippen molar-refractivity contribution in [2.75, 3.05) is 18.8 Å². The Morgan fingerprint density at radius 2 is 2.50 bits per heavy atom. The van der Waals surface area contributed by atoms with Crippen LogP contribution in [0.15, 0.2) is 9.85 Å². The molecular weight excluding hydrogens is 214 g/mol. The normalized spacial score (nSPS) is 13.0. The van der Waals surface area contributed by atoms with Crippen molar-refractivity contribution in [3.8, 4) is 0 Å². The summed E-state index contributed by atoms with van der Waals surface area (Å²) in [6, 6.07) is 0. The second kappa shape index (κ2) is 7.20. The lowest BCUT2D eigenvalue weighted by Crippen LogP contribution is -2.23. The smallest absolute Gasteiger partial charge is 0.174 e. The van der Waals surface area contributed by atoms with E-state index < -0.39 is 0 Å². The summed E-state index contributed by atoms with van der Waals surface area (Å²) in [4.78, 5) is 0. The highest BCUT2D eigenvalue weighted by Gasteiger charge is 2.04. The third kappa shape index (κ3) is 4.93. The molecule has 1 heterocycles. The SMILES string of the molecule is CCCNCC(C)CSc1nncs1. The number of aromatic nitrogens is 2. The number of nitrogens with one attached hydrogen (secondary N) is 1. The summed E-state index contributed by atoms with van der Waals surface area (Å²) in [5.74, 6) is 1.81. The Bertz CT molecular complexity index is 226. The monoisotopic (exact) mass is 231 g/mol. The summed E-state index contributed by atoms with van der Waals surface area (Å²) in [5, 5.41) is 11.2. The summed E-state index contributed by atoms with van der Waals surface area (Å²) in [6.07, 6.45) is 1.20.